The van der Waals surface area contributed by atoms with Crippen LogP contribution < -0.4 is 16.0 Å². The summed E-state index contributed by atoms with van der Waals surface area (Å²) in [6.07, 6.45) is 0.772. The van der Waals surface area contributed by atoms with E-state index in [2.05, 4.69) is 20.9 Å². The average Bonchev–Trinajstić information content (AvgIpc) is 3.27. The monoisotopic (exact) mass is 480 g/mol. The lowest BCUT2D eigenvalue weighted by Crippen LogP contribution is -2.72. The Labute approximate surface area is 192 Å². The maximum absolute atomic E-state index is 13.0. The summed E-state index contributed by atoms with van der Waals surface area (Å²) in [6.45, 7) is 0. The molecule has 2 saturated heterocycles. The highest BCUT2D eigenvalue weighted by atomic mass is 35.5. The first-order chi connectivity index (χ1) is 14.8. The molecule has 4 amide bonds. The van der Waals surface area contributed by atoms with Crippen molar-refractivity contribution in [3.63, 3.8) is 0 Å². The van der Waals surface area contributed by atoms with Crippen LogP contribution in [-0.4, -0.2) is 64.0 Å². The van der Waals surface area contributed by atoms with Crippen LogP contribution in [0.3, 0.4) is 0 Å². The Bertz CT molecular complexity index is 974. The molecule has 4 rings (SSSR count). The molecule has 164 valence electrons. The molecule has 0 aliphatic carbocycles. The van der Waals surface area contributed by atoms with Gasteiger partial charge in [0, 0.05) is 30.7 Å². The molecule has 31 heavy (non-hydrogen) atoms. The molecule has 0 radical (unpaired) electrons. The van der Waals surface area contributed by atoms with Crippen LogP contribution in [0, 0.1) is 5.92 Å². The third kappa shape index (κ3) is 4.55. The van der Waals surface area contributed by atoms with Gasteiger partial charge in [0.15, 0.2) is 5.13 Å². The van der Waals surface area contributed by atoms with Gasteiger partial charge in [-0.05, 0) is 17.7 Å². The number of imide groups is 1. The summed E-state index contributed by atoms with van der Waals surface area (Å²) in [5.74, 6) is -0.932. The Morgan fingerprint density at radius 2 is 2.00 bits per heavy atom. The van der Waals surface area contributed by atoms with Crippen LogP contribution in [0.1, 0.15) is 11.7 Å². The number of halogens is 1. The van der Waals surface area contributed by atoms with E-state index in [1.165, 1.54) is 35.0 Å². The number of rotatable bonds is 5. The van der Waals surface area contributed by atoms with Gasteiger partial charge in [-0.1, -0.05) is 23.7 Å². The van der Waals surface area contributed by atoms with Crippen molar-refractivity contribution in [3.8, 4) is 0 Å². The van der Waals surface area contributed by atoms with Gasteiger partial charge in [0.25, 0.3) is 0 Å². The summed E-state index contributed by atoms with van der Waals surface area (Å²) in [7, 11) is 3.14. The molecule has 0 spiro atoms. The highest BCUT2D eigenvalue weighted by molar-refractivity contribution is 8.00. The van der Waals surface area contributed by atoms with Gasteiger partial charge in [-0.15, -0.1) is 23.1 Å². The fraction of sp³-hybridized carbons (Fsp3) is 0.368. The highest BCUT2D eigenvalue weighted by Gasteiger charge is 2.51. The number of amides is 4. The van der Waals surface area contributed by atoms with E-state index >= 15 is 0 Å². The van der Waals surface area contributed by atoms with Crippen LogP contribution in [0.25, 0.3) is 0 Å². The number of fused-ring (bicyclic) bond motifs is 1. The number of carbonyl (C=O) groups excluding carboxylic acids is 3. The Hall–Kier alpha value is -2.18. The predicted molar refractivity (Wildman–Crippen MR) is 121 cm³/mol. The number of hydrogen-bond donors (Lipinski definition) is 3. The van der Waals surface area contributed by atoms with Gasteiger partial charge in [0.1, 0.15) is 0 Å². The molecule has 1 aromatic heterocycles. The zero-order valence-corrected chi connectivity index (χ0v) is 19.1. The lowest BCUT2D eigenvalue weighted by molar-refractivity contribution is -0.140. The molecule has 0 saturated carbocycles. The van der Waals surface area contributed by atoms with E-state index in [9.17, 15) is 14.4 Å². The van der Waals surface area contributed by atoms with E-state index in [1.807, 2.05) is 12.1 Å². The number of benzene rings is 1. The van der Waals surface area contributed by atoms with Gasteiger partial charge in [-0.2, -0.15) is 0 Å². The van der Waals surface area contributed by atoms with Crippen LogP contribution in [0.15, 0.2) is 35.8 Å². The molecule has 2 aliphatic heterocycles. The topological polar surface area (TPSA) is 107 Å². The van der Waals surface area contributed by atoms with Crippen LogP contribution in [-0.2, 0) is 9.59 Å². The summed E-state index contributed by atoms with van der Waals surface area (Å²) in [4.78, 5) is 44.6. The molecule has 0 bridgehead atoms. The first-order valence-corrected chi connectivity index (χ1v) is 11.8. The standard InChI is InChI=1S/C19H21ClN6O3S2/c1-25-15-13(17(28)26(2)19(25)29)16(31-9-12(27)22-18-21-7-8-30-18)24-14(23-15)10-3-5-11(20)6-4-10/h3-8,13-16,23-24H,9H2,1-2H3,(H,21,22,27). The Morgan fingerprint density at radius 3 is 2.68 bits per heavy atom. The molecule has 4 atom stereocenters. The number of nitrogens with one attached hydrogen (secondary N) is 3. The fourth-order valence-corrected chi connectivity index (χ4v) is 5.43. The molecule has 2 fully saturated rings. The van der Waals surface area contributed by atoms with E-state index in [4.69, 9.17) is 11.6 Å². The van der Waals surface area contributed by atoms with E-state index in [0.29, 0.717) is 10.2 Å². The van der Waals surface area contributed by atoms with E-state index in [-0.39, 0.29) is 29.8 Å². The van der Waals surface area contributed by atoms with Gasteiger partial charge in [-0.3, -0.25) is 25.1 Å². The van der Waals surface area contributed by atoms with Crippen LogP contribution in [0.2, 0.25) is 5.02 Å². The Morgan fingerprint density at radius 1 is 1.26 bits per heavy atom. The molecule has 2 aliphatic rings. The average molecular weight is 481 g/mol. The van der Waals surface area contributed by atoms with Crippen LogP contribution in [0.5, 0.6) is 0 Å². The second-order valence-electron chi connectivity index (χ2n) is 7.20. The largest absolute Gasteiger partial charge is 0.327 e. The summed E-state index contributed by atoms with van der Waals surface area (Å²) in [5, 5.41) is 12.0. The number of hydrogen-bond acceptors (Lipinski definition) is 8. The second kappa shape index (κ2) is 9.13. The smallest absolute Gasteiger partial charge is 0.311 e. The molecule has 3 N–H and O–H groups in total. The van der Waals surface area contributed by atoms with Gasteiger partial charge in [-0.25, -0.2) is 9.78 Å². The van der Waals surface area contributed by atoms with Crippen molar-refractivity contribution in [2.75, 3.05) is 25.2 Å². The van der Waals surface area contributed by atoms with Crippen molar-refractivity contribution in [3.05, 3.63) is 46.4 Å². The highest BCUT2D eigenvalue weighted by Crippen LogP contribution is 2.34. The Balaban J connectivity index is 1.55. The molecule has 9 nitrogen and oxygen atoms in total. The summed E-state index contributed by atoms with van der Waals surface area (Å²) < 4.78 is 0. The minimum atomic E-state index is -0.561. The zero-order chi connectivity index (χ0) is 22.1. The molecular formula is C19H21ClN6O3S2. The number of carbonyl (C=O) groups is 3. The summed E-state index contributed by atoms with van der Waals surface area (Å²) in [5.41, 5.74) is 0.910. The molecule has 3 heterocycles. The molecule has 1 aromatic carbocycles. The van der Waals surface area contributed by atoms with Gasteiger partial charge in [0.05, 0.1) is 29.4 Å². The number of anilines is 1. The maximum atomic E-state index is 13.0. The molecule has 12 heteroatoms. The van der Waals surface area contributed by atoms with Crippen LogP contribution >= 0.6 is 34.7 Å². The second-order valence-corrected chi connectivity index (χ2v) is 9.66. The van der Waals surface area contributed by atoms with Gasteiger partial charge >= 0.3 is 6.03 Å². The quantitative estimate of drug-likeness (QED) is 0.602. The molecular weight excluding hydrogens is 460 g/mol. The summed E-state index contributed by atoms with van der Waals surface area (Å²) in [6, 6.07) is 6.95. The minimum Gasteiger partial charge on any atom is -0.311 e. The third-order valence-corrected chi connectivity index (χ3v) is 7.39. The number of aromatic nitrogens is 1. The first kappa shape index (κ1) is 22.0. The van der Waals surface area contributed by atoms with Crippen molar-refractivity contribution in [2.45, 2.75) is 17.7 Å². The molecule has 2 aromatic rings. The van der Waals surface area contributed by atoms with Crippen molar-refractivity contribution in [1.82, 2.24) is 25.4 Å². The number of thiazole rings is 1. The van der Waals surface area contributed by atoms with Crippen molar-refractivity contribution >= 4 is 57.7 Å². The normalized spacial score (nSPS) is 26.0. The predicted octanol–water partition coefficient (Wildman–Crippen LogP) is 2.15. The van der Waals surface area contributed by atoms with Crippen LogP contribution in [0.4, 0.5) is 9.93 Å². The van der Waals surface area contributed by atoms with E-state index in [0.717, 1.165) is 10.5 Å². The number of urea groups is 1. The zero-order valence-electron chi connectivity index (χ0n) is 16.7. The fourth-order valence-electron chi connectivity index (χ4n) is 3.65. The number of nitrogens with zero attached hydrogens (tertiary/aromatic N) is 3. The Kier molecular flexibility index (Phi) is 6.49. The van der Waals surface area contributed by atoms with E-state index in [1.54, 1.807) is 30.8 Å². The van der Waals surface area contributed by atoms with E-state index < -0.39 is 17.5 Å². The van der Waals surface area contributed by atoms with Crippen molar-refractivity contribution < 1.29 is 14.4 Å². The number of thioether (sulfide) groups is 1. The maximum Gasteiger partial charge on any atom is 0.327 e. The lowest BCUT2D eigenvalue weighted by atomic mass is 9.96. The van der Waals surface area contributed by atoms with Crippen molar-refractivity contribution in [2.24, 2.45) is 5.92 Å². The van der Waals surface area contributed by atoms with Gasteiger partial charge < -0.3 is 10.2 Å². The molecule has 4 unspecified atom stereocenters. The first-order valence-electron chi connectivity index (χ1n) is 9.48. The summed E-state index contributed by atoms with van der Waals surface area (Å²) >= 11 is 8.68. The van der Waals surface area contributed by atoms with Gasteiger partial charge in [0.2, 0.25) is 11.8 Å². The van der Waals surface area contributed by atoms with Crippen molar-refractivity contribution in [1.29, 1.82) is 0 Å². The minimum absolute atomic E-state index is 0.127. The lowest BCUT2D eigenvalue weighted by Gasteiger charge is -2.50. The SMILES string of the molecule is CN1C(=O)C2C(SCC(=O)Nc3nccs3)NC(c3ccc(Cl)cc3)NC2N(C)C1=O. The third-order valence-electron chi connectivity index (χ3n) is 5.23.